The number of ether oxygens (including phenoxy) is 1. The summed E-state index contributed by atoms with van der Waals surface area (Å²) in [5, 5.41) is 0.645. The van der Waals surface area contributed by atoms with Crippen molar-refractivity contribution in [2.45, 2.75) is 0 Å². The molecule has 1 heterocycles. The van der Waals surface area contributed by atoms with Crippen molar-refractivity contribution in [1.82, 2.24) is 0 Å². The van der Waals surface area contributed by atoms with Crippen molar-refractivity contribution < 1.29 is 13.9 Å². The lowest BCUT2D eigenvalue weighted by atomic mass is 10.1. The number of rotatable bonds is 2. The van der Waals surface area contributed by atoms with Crippen LogP contribution in [0.25, 0.3) is 11.1 Å². The number of benzene rings is 1. The molecule has 0 saturated heterocycles. The molecule has 2 aromatic rings. The zero-order chi connectivity index (χ0) is 11.5. The van der Waals surface area contributed by atoms with E-state index in [1.54, 1.807) is 12.1 Å². The van der Waals surface area contributed by atoms with E-state index in [1.165, 1.54) is 19.6 Å². The number of carbonyl (C=O) groups excluding carboxylic acids is 1. The van der Waals surface area contributed by atoms with E-state index in [1.807, 2.05) is 12.1 Å². The summed E-state index contributed by atoms with van der Waals surface area (Å²) in [4.78, 5) is 11.4. The van der Waals surface area contributed by atoms with Crippen LogP contribution in [0.3, 0.4) is 0 Å². The maximum absolute atomic E-state index is 11.4. The second kappa shape index (κ2) is 4.41. The highest BCUT2D eigenvalue weighted by molar-refractivity contribution is 6.30. The molecule has 0 spiro atoms. The van der Waals surface area contributed by atoms with Gasteiger partial charge >= 0.3 is 5.97 Å². The molecule has 1 aromatic carbocycles. The molecule has 0 N–H and O–H groups in total. The quantitative estimate of drug-likeness (QED) is 0.751. The minimum absolute atomic E-state index is 0.407. The second-order valence-electron chi connectivity index (χ2n) is 3.20. The van der Waals surface area contributed by atoms with Crippen LogP contribution in [-0.2, 0) is 4.74 Å². The largest absolute Gasteiger partial charge is 0.471 e. The zero-order valence-corrected chi connectivity index (χ0v) is 9.32. The van der Waals surface area contributed by atoms with Gasteiger partial charge in [-0.2, -0.15) is 0 Å². The standard InChI is InChI=1S/C12H9ClO3/c1-15-12(14)11-7-16-6-10(11)8-2-4-9(13)5-3-8/h2-7H,1H3. The van der Waals surface area contributed by atoms with Crippen LogP contribution < -0.4 is 0 Å². The van der Waals surface area contributed by atoms with E-state index in [4.69, 9.17) is 16.0 Å². The van der Waals surface area contributed by atoms with Gasteiger partial charge in [0.25, 0.3) is 0 Å². The summed E-state index contributed by atoms with van der Waals surface area (Å²) in [7, 11) is 1.33. The Morgan fingerprint density at radius 3 is 2.56 bits per heavy atom. The van der Waals surface area contributed by atoms with Gasteiger partial charge in [0, 0.05) is 10.6 Å². The van der Waals surface area contributed by atoms with Gasteiger partial charge in [0.1, 0.15) is 11.8 Å². The van der Waals surface area contributed by atoms with Crippen molar-refractivity contribution in [2.75, 3.05) is 7.11 Å². The molecular formula is C12H9ClO3. The molecule has 0 unspecified atom stereocenters. The monoisotopic (exact) mass is 236 g/mol. The Labute approximate surface area is 97.6 Å². The Morgan fingerprint density at radius 2 is 1.94 bits per heavy atom. The first kappa shape index (κ1) is 10.8. The third-order valence-electron chi connectivity index (χ3n) is 2.22. The van der Waals surface area contributed by atoms with Crippen molar-refractivity contribution in [1.29, 1.82) is 0 Å². The summed E-state index contributed by atoms with van der Waals surface area (Å²) in [5.41, 5.74) is 1.96. The molecule has 0 bridgehead atoms. The van der Waals surface area contributed by atoms with Crippen LogP contribution in [0.2, 0.25) is 5.02 Å². The van der Waals surface area contributed by atoms with Crippen molar-refractivity contribution in [3.63, 3.8) is 0 Å². The van der Waals surface area contributed by atoms with E-state index in [0.717, 1.165) is 5.56 Å². The van der Waals surface area contributed by atoms with Gasteiger partial charge in [-0.05, 0) is 17.7 Å². The number of methoxy groups -OCH3 is 1. The molecule has 16 heavy (non-hydrogen) atoms. The molecular weight excluding hydrogens is 228 g/mol. The van der Waals surface area contributed by atoms with Crippen LogP contribution in [0.4, 0.5) is 0 Å². The second-order valence-corrected chi connectivity index (χ2v) is 3.63. The van der Waals surface area contributed by atoms with Crippen LogP contribution in [0, 0.1) is 0 Å². The smallest absolute Gasteiger partial charge is 0.341 e. The number of hydrogen-bond donors (Lipinski definition) is 0. The zero-order valence-electron chi connectivity index (χ0n) is 8.57. The molecule has 2 rings (SSSR count). The molecule has 0 aliphatic rings. The Morgan fingerprint density at radius 1 is 1.25 bits per heavy atom. The first-order chi connectivity index (χ1) is 7.72. The van der Waals surface area contributed by atoms with Gasteiger partial charge in [0.15, 0.2) is 0 Å². The van der Waals surface area contributed by atoms with E-state index in [9.17, 15) is 4.79 Å². The maximum atomic E-state index is 11.4. The fourth-order valence-corrected chi connectivity index (χ4v) is 1.54. The van der Waals surface area contributed by atoms with Crippen molar-refractivity contribution in [2.24, 2.45) is 0 Å². The Kier molecular flexibility index (Phi) is 2.97. The van der Waals surface area contributed by atoms with E-state index < -0.39 is 5.97 Å². The van der Waals surface area contributed by atoms with Crippen molar-refractivity contribution in [3.05, 3.63) is 47.4 Å². The molecule has 0 aliphatic heterocycles. The lowest BCUT2D eigenvalue weighted by Gasteiger charge is -2.01. The van der Waals surface area contributed by atoms with Crippen LogP contribution in [0.1, 0.15) is 10.4 Å². The lowest BCUT2D eigenvalue weighted by Crippen LogP contribution is -2.00. The van der Waals surface area contributed by atoms with Gasteiger partial charge in [-0.1, -0.05) is 23.7 Å². The highest BCUT2D eigenvalue weighted by Crippen LogP contribution is 2.26. The summed E-state index contributed by atoms with van der Waals surface area (Å²) in [6.07, 6.45) is 2.88. The number of furan rings is 1. The van der Waals surface area contributed by atoms with Crippen molar-refractivity contribution in [3.8, 4) is 11.1 Å². The van der Waals surface area contributed by atoms with Crippen LogP contribution in [0.15, 0.2) is 41.2 Å². The molecule has 0 saturated carbocycles. The highest BCUT2D eigenvalue weighted by atomic mass is 35.5. The van der Waals surface area contributed by atoms with Gasteiger partial charge in [-0.3, -0.25) is 0 Å². The van der Waals surface area contributed by atoms with Gasteiger partial charge in [-0.25, -0.2) is 4.79 Å². The Bertz CT molecular complexity index is 499. The molecule has 0 amide bonds. The minimum atomic E-state index is -0.418. The highest BCUT2D eigenvalue weighted by Gasteiger charge is 2.15. The first-order valence-electron chi connectivity index (χ1n) is 4.63. The number of esters is 1. The third-order valence-corrected chi connectivity index (χ3v) is 2.47. The summed E-state index contributed by atoms with van der Waals surface area (Å²) >= 11 is 5.79. The maximum Gasteiger partial charge on any atom is 0.341 e. The topological polar surface area (TPSA) is 39.4 Å². The van der Waals surface area contributed by atoms with E-state index >= 15 is 0 Å². The lowest BCUT2D eigenvalue weighted by molar-refractivity contribution is 0.0600. The minimum Gasteiger partial charge on any atom is -0.471 e. The first-order valence-corrected chi connectivity index (χ1v) is 5.00. The molecule has 0 radical (unpaired) electrons. The van der Waals surface area contributed by atoms with E-state index in [0.29, 0.717) is 16.1 Å². The molecule has 1 aromatic heterocycles. The van der Waals surface area contributed by atoms with Crippen LogP contribution in [-0.4, -0.2) is 13.1 Å². The Hall–Kier alpha value is -1.74. The normalized spacial score (nSPS) is 10.1. The van der Waals surface area contributed by atoms with E-state index in [-0.39, 0.29) is 0 Å². The van der Waals surface area contributed by atoms with Gasteiger partial charge in [0.05, 0.1) is 13.4 Å². The summed E-state index contributed by atoms with van der Waals surface area (Å²) in [6, 6.07) is 7.15. The third kappa shape index (κ3) is 1.95. The van der Waals surface area contributed by atoms with Crippen molar-refractivity contribution >= 4 is 17.6 Å². The van der Waals surface area contributed by atoms with Crippen LogP contribution >= 0.6 is 11.6 Å². The van der Waals surface area contributed by atoms with Gasteiger partial charge < -0.3 is 9.15 Å². The number of carbonyl (C=O) groups is 1. The Balaban J connectivity index is 2.44. The summed E-state index contributed by atoms with van der Waals surface area (Å²) in [5.74, 6) is -0.418. The molecule has 82 valence electrons. The number of hydrogen-bond acceptors (Lipinski definition) is 3. The SMILES string of the molecule is COC(=O)c1cocc1-c1ccc(Cl)cc1. The molecule has 0 fully saturated rings. The average Bonchev–Trinajstić information content (AvgIpc) is 2.78. The number of halogens is 1. The summed E-state index contributed by atoms with van der Waals surface area (Å²) in [6.45, 7) is 0. The van der Waals surface area contributed by atoms with Crippen LogP contribution in [0.5, 0.6) is 0 Å². The summed E-state index contributed by atoms with van der Waals surface area (Å²) < 4.78 is 9.67. The predicted molar refractivity (Wildman–Crippen MR) is 60.5 cm³/mol. The van der Waals surface area contributed by atoms with Gasteiger partial charge in [-0.15, -0.1) is 0 Å². The van der Waals surface area contributed by atoms with E-state index in [2.05, 4.69) is 4.74 Å². The predicted octanol–water partition coefficient (Wildman–Crippen LogP) is 3.39. The molecule has 0 atom stereocenters. The molecule has 0 aliphatic carbocycles. The average molecular weight is 237 g/mol. The fraction of sp³-hybridized carbons (Fsp3) is 0.0833. The van der Waals surface area contributed by atoms with Gasteiger partial charge in [0.2, 0.25) is 0 Å². The fourth-order valence-electron chi connectivity index (χ4n) is 1.42. The molecule has 3 nitrogen and oxygen atoms in total. The molecule has 4 heteroatoms.